The Kier molecular flexibility index (Phi) is 13.0. The quantitative estimate of drug-likeness (QED) is 0.296. The minimum absolute atomic E-state index is 0.0207. The summed E-state index contributed by atoms with van der Waals surface area (Å²) in [5.74, 6) is -0.883. The lowest BCUT2D eigenvalue weighted by molar-refractivity contribution is -0.134. The molecule has 2 fully saturated rings. The maximum Gasteiger partial charge on any atom is 0.409 e. The molecule has 3 heterocycles. The number of amides is 3. The van der Waals surface area contributed by atoms with E-state index in [1.807, 2.05) is 36.4 Å². The number of carbonyl (C=O) groups is 3. The van der Waals surface area contributed by atoms with Crippen LogP contribution in [0.5, 0.6) is 0 Å². The Morgan fingerprint density at radius 3 is 2.24 bits per heavy atom. The molecule has 0 radical (unpaired) electrons. The van der Waals surface area contributed by atoms with Crippen LogP contribution < -0.4 is 10.2 Å². The summed E-state index contributed by atoms with van der Waals surface area (Å²) in [5, 5.41) is 2.88. The van der Waals surface area contributed by atoms with Crippen molar-refractivity contribution < 1.29 is 37.5 Å². The van der Waals surface area contributed by atoms with Gasteiger partial charge in [-0.15, -0.1) is 0 Å². The zero-order valence-electron chi connectivity index (χ0n) is 27.2. The van der Waals surface area contributed by atoms with Crippen LogP contribution in [0.25, 0.3) is 11.3 Å². The molecule has 0 bridgehead atoms. The van der Waals surface area contributed by atoms with E-state index in [0.717, 1.165) is 24.2 Å². The first-order valence-electron chi connectivity index (χ1n) is 15.9. The monoisotopic (exact) mass is 659 g/mol. The summed E-state index contributed by atoms with van der Waals surface area (Å²) >= 11 is 0. The van der Waals surface area contributed by atoms with Crippen LogP contribution in [0.4, 0.5) is 10.5 Å². The first-order chi connectivity index (χ1) is 22.2. The van der Waals surface area contributed by atoms with Gasteiger partial charge in [-0.05, 0) is 45.7 Å². The summed E-state index contributed by atoms with van der Waals surface area (Å²) in [7, 11) is -1.81. The SMILES string of the molecule is CCOC(=O)N1CCN(C(=O)[C@@H](CCP(=O)(OCC)OCC)NC(=O)c2cc(N3CC[C@H](OC)C3)cc(-c3ccccc3)n2)CC1. The standard InChI is InChI=1S/C32H46N5O8P/c1-5-43-32(40)36-18-16-35(17-19-36)31(39)27(14-20-46(41,44-6-2)45-7-3)34-30(38)29-22-25(37-15-13-26(23-37)42-4)21-28(33-29)24-11-9-8-10-12-24/h8-12,21-22,26-27H,5-7,13-20,23H2,1-4H3,(H,34,38)/t26-,27+/m0/s1. The second kappa shape index (κ2) is 16.9. The van der Waals surface area contributed by atoms with Gasteiger partial charge in [-0.1, -0.05) is 30.3 Å². The average molecular weight is 660 g/mol. The summed E-state index contributed by atoms with van der Waals surface area (Å²) < 4.78 is 34.9. The van der Waals surface area contributed by atoms with Gasteiger partial charge in [0.15, 0.2) is 0 Å². The highest BCUT2D eigenvalue weighted by atomic mass is 31.2. The third-order valence-electron chi connectivity index (χ3n) is 8.02. The van der Waals surface area contributed by atoms with E-state index >= 15 is 0 Å². The molecule has 13 nitrogen and oxygen atoms in total. The molecule has 3 amide bonds. The number of nitrogens with one attached hydrogen (secondary N) is 1. The number of methoxy groups -OCH3 is 1. The van der Waals surface area contributed by atoms with Crippen LogP contribution in [0.15, 0.2) is 42.5 Å². The Balaban J connectivity index is 1.59. The zero-order chi connectivity index (χ0) is 33.1. The molecule has 252 valence electrons. The Morgan fingerprint density at radius 1 is 0.957 bits per heavy atom. The molecule has 2 aliphatic rings. The van der Waals surface area contributed by atoms with Crippen LogP contribution in [0.1, 0.15) is 44.1 Å². The highest BCUT2D eigenvalue weighted by Crippen LogP contribution is 2.48. The third kappa shape index (κ3) is 9.28. The normalized spacial score (nSPS) is 17.6. The van der Waals surface area contributed by atoms with Crippen molar-refractivity contribution in [3.05, 3.63) is 48.2 Å². The van der Waals surface area contributed by atoms with Gasteiger partial charge in [0.25, 0.3) is 5.91 Å². The summed E-state index contributed by atoms with van der Waals surface area (Å²) in [5.41, 5.74) is 2.45. The number of carbonyl (C=O) groups excluding carboxylic acids is 3. The van der Waals surface area contributed by atoms with Crippen LogP contribution in [-0.2, 0) is 27.9 Å². The van der Waals surface area contributed by atoms with E-state index in [4.69, 9.17) is 23.5 Å². The third-order valence-corrected chi connectivity index (χ3v) is 10.1. The fourth-order valence-electron chi connectivity index (χ4n) is 5.61. The Bertz CT molecular complexity index is 1360. The molecular formula is C32H46N5O8P. The van der Waals surface area contributed by atoms with Crippen LogP contribution in [0, 0.1) is 0 Å². The van der Waals surface area contributed by atoms with Crippen molar-refractivity contribution in [3.63, 3.8) is 0 Å². The number of nitrogens with zero attached hydrogens (tertiary/aromatic N) is 4. The molecular weight excluding hydrogens is 613 g/mol. The molecule has 1 N–H and O–H groups in total. The first-order valence-corrected chi connectivity index (χ1v) is 17.7. The summed E-state index contributed by atoms with van der Waals surface area (Å²) in [6.45, 7) is 8.36. The number of piperazine rings is 1. The van der Waals surface area contributed by atoms with Crippen molar-refractivity contribution in [1.82, 2.24) is 20.1 Å². The highest BCUT2D eigenvalue weighted by Gasteiger charge is 2.34. The molecule has 2 aliphatic heterocycles. The van der Waals surface area contributed by atoms with Crippen molar-refractivity contribution in [2.45, 2.75) is 45.8 Å². The Hall–Kier alpha value is -3.51. The van der Waals surface area contributed by atoms with Crippen molar-refractivity contribution in [2.24, 2.45) is 0 Å². The number of pyridine rings is 1. The van der Waals surface area contributed by atoms with Crippen molar-refractivity contribution in [2.75, 3.05) is 77.3 Å². The number of ether oxygens (including phenoxy) is 2. The van der Waals surface area contributed by atoms with Crippen LogP contribution in [0.2, 0.25) is 0 Å². The molecule has 46 heavy (non-hydrogen) atoms. The van der Waals surface area contributed by atoms with Gasteiger partial charge in [-0.25, -0.2) is 9.78 Å². The highest BCUT2D eigenvalue weighted by molar-refractivity contribution is 7.53. The maximum atomic E-state index is 13.9. The van der Waals surface area contributed by atoms with Gasteiger partial charge < -0.3 is 38.5 Å². The molecule has 1 aromatic carbocycles. The number of benzene rings is 1. The molecule has 4 rings (SSSR count). The van der Waals surface area contributed by atoms with Crippen molar-refractivity contribution in [1.29, 1.82) is 0 Å². The molecule has 0 spiro atoms. The van der Waals surface area contributed by atoms with Crippen molar-refractivity contribution in [3.8, 4) is 11.3 Å². The molecule has 0 saturated carbocycles. The predicted octanol–water partition coefficient (Wildman–Crippen LogP) is 4.03. The van der Waals surface area contributed by atoms with Gasteiger partial charge in [-0.2, -0.15) is 0 Å². The number of rotatable bonds is 14. The number of anilines is 1. The summed E-state index contributed by atoms with van der Waals surface area (Å²) in [6, 6.07) is 12.2. The molecule has 0 unspecified atom stereocenters. The molecule has 2 aromatic rings. The predicted molar refractivity (Wildman–Crippen MR) is 174 cm³/mol. The number of aromatic nitrogens is 1. The molecule has 2 atom stereocenters. The largest absolute Gasteiger partial charge is 0.450 e. The molecule has 14 heteroatoms. The van der Waals surface area contributed by atoms with Crippen LogP contribution in [0.3, 0.4) is 0 Å². The minimum atomic E-state index is -3.50. The van der Waals surface area contributed by atoms with E-state index in [-0.39, 0.29) is 63.2 Å². The van der Waals surface area contributed by atoms with Crippen LogP contribution in [-0.4, -0.2) is 117 Å². The van der Waals surface area contributed by atoms with E-state index < -0.39 is 25.6 Å². The summed E-state index contributed by atoms with van der Waals surface area (Å²) in [6.07, 6.45) is 0.475. The van der Waals surface area contributed by atoms with Gasteiger partial charge >= 0.3 is 13.7 Å². The topological polar surface area (TPSA) is 140 Å². The van der Waals surface area contributed by atoms with E-state index in [9.17, 15) is 18.9 Å². The lowest BCUT2D eigenvalue weighted by atomic mass is 10.1. The van der Waals surface area contributed by atoms with E-state index in [0.29, 0.717) is 25.3 Å². The Morgan fingerprint density at radius 2 is 1.63 bits per heavy atom. The van der Waals surface area contributed by atoms with E-state index in [1.165, 1.54) is 0 Å². The van der Waals surface area contributed by atoms with Gasteiger partial charge in [0.1, 0.15) is 11.7 Å². The smallest absolute Gasteiger partial charge is 0.409 e. The van der Waals surface area contributed by atoms with Gasteiger partial charge in [-0.3, -0.25) is 14.2 Å². The number of hydrogen-bond acceptors (Lipinski definition) is 10. The van der Waals surface area contributed by atoms with Crippen molar-refractivity contribution >= 4 is 31.2 Å². The first kappa shape index (κ1) is 35.3. The van der Waals surface area contributed by atoms with E-state index in [2.05, 4.69) is 10.2 Å². The fraction of sp³-hybridized carbons (Fsp3) is 0.562. The second-order valence-corrected chi connectivity index (χ2v) is 13.2. The fourth-order valence-corrected chi connectivity index (χ4v) is 7.30. The lowest BCUT2D eigenvalue weighted by Crippen LogP contribution is -2.56. The second-order valence-electron chi connectivity index (χ2n) is 11.1. The van der Waals surface area contributed by atoms with Gasteiger partial charge in [0.05, 0.1) is 37.8 Å². The van der Waals surface area contributed by atoms with Gasteiger partial charge in [0.2, 0.25) is 5.91 Å². The average Bonchev–Trinajstić information content (AvgIpc) is 3.56. The maximum absolute atomic E-state index is 13.9. The zero-order valence-corrected chi connectivity index (χ0v) is 28.1. The van der Waals surface area contributed by atoms with Gasteiger partial charge in [0, 0.05) is 57.6 Å². The lowest BCUT2D eigenvalue weighted by Gasteiger charge is -2.36. The van der Waals surface area contributed by atoms with Crippen LogP contribution >= 0.6 is 7.60 Å². The Labute approximate surface area is 271 Å². The summed E-state index contributed by atoms with van der Waals surface area (Å²) in [4.78, 5) is 50.0. The van der Waals surface area contributed by atoms with E-state index in [1.54, 1.807) is 43.7 Å². The molecule has 1 aromatic heterocycles. The molecule has 0 aliphatic carbocycles. The number of hydrogen-bond donors (Lipinski definition) is 1. The minimum Gasteiger partial charge on any atom is -0.450 e. The molecule has 2 saturated heterocycles.